The maximum Gasteiger partial charge on any atom is 0.251 e. The molecule has 1 aromatic rings. The van der Waals surface area contributed by atoms with Gasteiger partial charge in [0.15, 0.2) is 0 Å². The molecule has 0 aromatic heterocycles. The minimum Gasteiger partial charge on any atom is -0.394 e. The maximum atomic E-state index is 13.2. The lowest BCUT2D eigenvalue weighted by atomic mass is 10.0. The summed E-state index contributed by atoms with van der Waals surface area (Å²) in [6.07, 6.45) is -2.08. The lowest BCUT2D eigenvalue weighted by Crippen LogP contribution is -2.51. The molecule has 1 fully saturated rings. The van der Waals surface area contributed by atoms with E-state index in [1.807, 2.05) is 30.9 Å². The fourth-order valence-electron chi connectivity index (χ4n) is 3.13. The van der Waals surface area contributed by atoms with Gasteiger partial charge in [0.05, 0.1) is 23.8 Å². The van der Waals surface area contributed by atoms with Crippen LogP contribution in [-0.2, 0) is 4.74 Å². The summed E-state index contributed by atoms with van der Waals surface area (Å²) in [5, 5.41) is 22.5. The first kappa shape index (κ1) is 28.3. The van der Waals surface area contributed by atoms with Crippen molar-refractivity contribution in [2.75, 3.05) is 47.4 Å². The number of rotatable bonds is 8. The van der Waals surface area contributed by atoms with Crippen LogP contribution in [0.1, 0.15) is 10.4 Å². The minimum atomic E-state index is -0.871. The van der Waals surface area contributed by atoms with E-state index < -0.39 is 30.0 Å². The zero-order chi connectivity index (χ0) is 20.1. The summed E-state index contributed by atoms with van der Waals surface area (Å²) in [5.41, 5.74) is 0.233. The van der Waals surface area contributed by atoms with Crippen LogP contribution in [0.5, 0.6) is 0 Å². The first-order valence-corrected chi connectivity index (χ1v) is 9.15. The summed E-state index contributed by atoms with van der Waals surface area (Å²) < 4.78 is 19.0. The van der Waals surface area contributed by atoms with Crippen LogP contribution in [0.25, 0.3) is 0 Å². The molecule has 11 heteroatoms. The second kappa shape index (κ2) is 12.9. The first-order valence-electron chi connectivity index (χ1n) is 8.77. The summed E-state index contributed by atoms with van der Waals surface area (Å²) in [5.74, 6) is -1.01. The van der Waals surface area contributed by atoms with Gasteiger partial charge in [0.25, 0.3) is 5.91 Å². The van der Waals surface area contributed by atoms with E-state index in [1.165, 1.54) is 12.1 Å². The first-order chi connectivity index (χ1) is 12.7. The molecule has 29 heavy (non-hydrogen) atoms. The molecule has 1 aliphatic heterocycles. The molecular weight excluding hydrogens is 448 g/mol. The topological polar surface area (TPSA) is 85.3 Å². The quantitative estimate of drug-likeness (QED) is 0.520. The van der Waals surface area contributed by atoms with Crippen LogP contribution in [0, 0.1) is 5.82 Å². The number of hydrogen-bond donors (Lipinski definition) is 3. The zero-order valence-corrected chi connectivity index (χ0v) is 18.9. The number of nitrogens with zero attached hydrogens (tertiary/aromatic N) is 2. The molecule has 168 valence electrons. The molecule has 2 rings (SSSR count). The van der Waals surface area contributed by atoms with Gasteiger partial charge in [-0.05, 0) is 39.3 Å². The number of ether oxygens (including phenoxy) is 1. The van der Waals surface area contributed by atoms with Crippen molar-refractivity contribution in [3.05, 3.63) is 34.6 Å². The van der Waals surface area contributed by atoms with Crippen LogP contribution < -0.4 is 5.32 Å². The molecule has 0 radical (unpaired) electrons. The summed E-state index contributed by atoms with van der Waals surface area (Å²) in [6, 6.07) is 3.36. The average molecular weight is 477 g/mol. The predicted molar refractivity (Wildman–Crippen MR) is 115 cm³/mol. The van der Waals surface area contributed by atoms with Gasteiger partial charge in [0.1, 0.15) is 18.0 Å². The van der Waals surface area contributed by atoms with Crippen LogP contribution in [0.3, 0.4) is 0 Å². The number of hydrogen-bond acceptors (Lipinski definition) is 6. The lowest BCUT2D eigenvalue weighted by molar-refractivity contribution is -0.0209. The molecule has 0 bridgehead atoms. The largest absolute Gasteiger partial charge is 0.394 e. The fraction of sp³-hybridized carbons (Fsp3) is 0.611. The number of aliphatic hydroxyl groups is 2. The molecule has 1 heterocycles. The van der Waals surface area contributed by atoms with Gasteiger partial charge in [-0.3, -0.25) is 9.69 Å². The molecule has 1 saturated heterocycles. The van der Waals surface area contributed by atoms with Crippen LogP contribution in [0.2, 0.25) is 5.02 Å². The van der Waals surface area contributed by atoms with Gasteiger partial charge in [0, 0.05) is 25.2 Å². The molecule has 0 saturated carbocycles. The number of likely N-dealkylation sites (N-methyl/N-ethyl adjacent to an activating group) is 2. The van der Waals surface area contributed by atoms with Crippen molar-refractivity contribution in [1.29, 1.82) is 0 Å². The Balaban J connectivity index is 0.00000392. The second-order valence-electron chi connectivity index (χ2n) is 7.00. The number of carbonyl (C=O) groups excluding carboxylic acids is 1. The van der Waals surface area contributed by atoms with Crippen molar-refractivity contribution in [1.82, 2.24) is 15.1 Å². The molecular formula is C18H29Cl3FN3O4. The van der Waals surface area contributed by atoms with Crippen LogP contribution in [0.4, 0.5) is 4.39 Å². The fourth-order valence-corrected chi connectivity index (χ4v) is 3.31. The number of carbonyl (C=O) groups is 1. The molecule has 1 aliphatic rings. The van der Waals surface area contributed by atoms with Crippen molar-refractivity contribution in [2.24, 2.45) is 0 Å². The van der Waals surface area contributed by atoms with E-state index in [9.17, 15) is 19.4 Å². The van der Waals surface area contributed by atoms with Crippen molar-refractivity contribution >= 4 is 42.3 Å². The Morgan fingerprint density at radius 3 is 2.45 bits per heavy atom. The smallest absolute Gasteiger partial charge is 0.251 e. The lowest BCUT2D eigenvalue weighted by Gasteiger charge is -2.31. The van der Waals surface area contributed by atoms with Gasteiger partial charge >= 0.3 is 0 Å². The molecule has 7 nitrogen and oxygen atoms in total. The Morgan fingerprint density at radius 2 is 1.90 bits per heavy atom. The van der Waals surface area contributed by atoms with Crippen molar-refractivity contribution in [2.45, 2.75) is 24.4 Å². The zero-order valence-electron chi connectivity index (χ0n) is 16.5. The highest BCUT2D eigenvalue weighted by Gasteiger charge is 2.45. The van der Waals surface area contributed by atoms with E-state index in [4.69, 9.17) is 16.3 Å². The molecule has 0 unspecified atom stereocenters. The molecule has 0 spiro atoms. The van der Waals surface area contributed by atoms with Crippen molar-refractivity contribution in [3.63, 3.8) is 0 Å². The van der Waals surface area contributed by atoms with Gasteiger partial charge in [-0.25, -0.2) is 4.39 Å². The Kier molecular flexibility index (Phi) is 12.6. The predicted octanol–water partition coefficient (Wildman–Crippen LogP) is 1.04. The molecule has 1 aromatic carbocycles. The van der Waals surface area contributed by atoms with Crippen LogP contribution in [-0.4, -0.2) is 97.7 Å². The average Bonchev–Trinajstić information content (AvgIpc) is 2.95. The van der Waals surface area contributed by atoms with Crippen molar-refractivity contribution in [3.8, 4) is 0 Å². The van der Waals surface area contributed by atoms with Gasteiger partial charge < -0.3 is 25.2 Å². The number of nitrogens with one attached hydrogen (secondary N) is 1. The Hall–Kier alpha value is -0.710. The van der Waals surface area contributed by atoms with Gasteiger partial charge in [-0.1, -0.05) is 11.6 Å². The molecule has 0 aliphatic carbocycles. The summed E-state index contributed by atoms with van der Waals surface area (Å²) >= 11 is 5.72. The third-order valence-electron chi connectivity index (χ3n) is 4.70. The summed E-state index contributed by atoms with van der Waals surface area (Å²) in [7, 11) is 5.78. The van der Waals surface area contributed by atoms with Crippen LogP contribution >= 0.6 is 36.4 Å². The summed E-state index contributed by atoms with van der Waals surface area (Å²) in [6.45, 7) is 1.31. The van der Waals surface area contributed by atoms with Crippen LogP contribution in [0.15, 0.2) is 18.2 Å². The number of aliphatic hydroxyl groups excluding tert-OH is 2. The van der Waals surface area contributed by atoms with E-state index in [-0.39, 0.29) is 54.6 Å². The van der Waals surface area contributed by atoms with Gasteiger partial charge in [0.2, 0.25) is 0 Å². The highest BCUT2D eigenvalue weighted by molar-refractivity contribution is 6.31. The number of amides is 1. The minimum absolute atomic E-state index is 0. The Labute approximate surface area is 188 Å². The molecule has 3 N–H and O–H groups in total. The van der Waals surface area contributed by atoms with E-state index in [1.54, 1.807) is 0 Å². The highest BCUT2D eigenvalue weighted by atomic mass is 35.5. The Bertz CT molecular complexity index is 657. The second-order valence-corrected chi connectivity index (χ2v) is 7.41. The number of halogens is 4. The summed E-state index contributed by atoms with van der Waals surface area (Å²) in [4.78, 5) is 16.3. The third kappa shape index (κ3) is 7.48. The SMILES string of the molecule is CN(C)CCN(C)[C@@H]1[C@H](O)[C@H](CO)O[C@@H]1CNC(=O)c1ccc(F)c(Cl)c1.Cl.Cl. The van der Waals surface area contributed by atoms with E-state index in [2.05, 4.69) is 5.32 Å². The number of benzene rings is 1. The van der Waals surface area contributed by atoms with E-state index in [0.717, 1.165) is 12.6 Å². The van der Waals surface area contributed by atoms with Crippen molar-refractivity contribution < 1.29 is 24.1 Å². The molecule has 1 amide bonds. The standard InChI is InChI=1S/C18H27ClFN3O4.2ClH/c1-22(2)6-7-23(3)16-14(27-15(10-24)17(16)25)9-21-18(26)11-4-5-13(20)12(19)8-11;;/h4-5,8,14-17,24-25H,6-7,9-10H2,1-3H3,(H,21,26);2*1H/t14-,15+,16+,17-;;/m1../s1. The molecule has 4 atom stereocenters. The Morgan fingerprint density at radius 1 is 1.24 bits per heavy atom. The maximum absolute atomic E-state index is 13.2. The van der Waals surface area contributed by atoms with E-state index in [0.29, 0.717) is 6.54 Å². The van der Waals surface area contributed by atoms with E-state index >= 15 is 0 Å². The van der Waals surface area contributed by atoms with Gasteiger partial charge in [-0.15, -0.1) is 24.8 Å². The third-order valence-corrected chi connectivity index (χ3v) is 4.99. The monoisotopic (exact) mass is 475 g/mol. The van der Waals surface area contributed by atoms with Gasteiger partial charge in [-0.2, -0.15) is 0 Å². The normalized spacial score (nSPS) is 23.6. The highest BCUT2D eigenvalue weighted by Crippen LogP contribution is 2.25.